The molecular formula is C19H14N4O2. The molecular weight excluding hydrogens is 316 g/mol. The van der Waals surface area contributed by atoms with Gasteiger partial charge in [-0.25, -0.2) is 4.98 Å². The summed E-state index contributed by atoms with van der Waals surface area (Å²) in [6.07, 6.45) is 6.82. The highest BCUT2D eigenvalue weighted by Crippen LogP contribution is 2.36. The van der Waals surface area contributed by atoms with Crippen molar-refractivity contribution >= 4 is 11.0 Å². The van der Waals surface area contributed by atoms with Crippen molar-refractivity contribution in [2.45, 2.75) is 6.10 Å². The van der Waals surface area contributed by atoms with Crippen LogP contribution in [-0.2, 0) is 0 Å². The third-order valence-electron chi connectivity index (χ3n) is 4.22. The average Bonchev–Trinajstić information content (AvgIpc) is 3.12. The number of hydrogen-bond acceptors (Lipinski definition) is 5. The molecule has 5 rings (SSSR count). The Morgan fingerprint density at radius 3 is 2.68 bits per heavy atom. The van der Waals surface area contributed by atoms with Gasteiger partial charge in [0, 0.05) is 24.2 Å². The van der Waals surface area contributed by atoms with Crippen molar-refractivity contribution in [1.29, 1.82) is 0 Å². The van der Waals surface area contributed by atoms with Gasteiger partial charge in [-0.1, -0.05) is 12.1 Å². The fourth-order valence-corrected chi connectivity index (χ4v) is 3.00. The van der Waals surface area contributed by atoms with Gasteiger partial charge in [0.05, 0.1) is 17.2 Å². The van der Waals surface area contributed by atoms with Crippen LogP contribution in [0.1, 0.15) is 11.9 Å². The third-order valence-corrected chi connectivity index (χ3v) is 4.22. The molecule has 25 heavy (non-hydrogen) atoms. The normalized spacial score (nSPS) is 16.1. The SMILES string of the molecule is c1ccc2c(c1)OCC(c1nc3c(-c4ccncc4)cncc3[nH]1)O2. The van der Waals surface area contributed by atoms with Crippen molar-refractivity contribution in [1.82, 2.24) is 19.9 Å². The standard InChI is InChI=1S/C19H14N4O2/c1-2-4-16-15(3-1)24-11-17(25-16)19-22-14-10-21-9-13(18(14)23-19)12-5-7-20-8-6-12/h1-10,17H,11H2,(H,22,23). The highest BCUT2D eigenvalue weighted by atomic mass is 16.6. The minimum absolute atomic E-state index is 0.285. The van der Waals surface area contributed by atoms with Gasteiger partial charge < -0.3 is 14.5 Å². The van der Waals surface area contributed by atoms with Crippen LogP contribution in [0.2, 0.25) is 0 Å². The van der Waals surface area contributed by atoms with Crippen LogP contribution < -0.4 is 9.47 Å². The largest absolute Gasteiger partial charge is 0.485 e. The molecule has 1 N–H and O–H groups in total. The van der Waals surface area contributed by atoms with Gasteiger partial charge in [0.25, 0.3) is 0 Å². The molecule has 3 aromatic heterocycles. The maximum absolute atomic E-state index is 6.04. The van der Waals surface area contributed by atoms with Gasteiger partial charge in [0.15, 0.2) is 23.4 Å². The number of rotatable bonds is 2. The van der Waals surface area contributed by atoms with Crippen molar-refractivity contribution < 1.29 is 9.47 Å². The van der Waals surface area contributed by atoms with Crippen LogP contribution in [0.5, 0.6) is 11.5 Å². The van der Waals surface area contributed by atoms with Gasteiger partial charge in [0.1, 0.15) is 6.61 Å². The fraction of sp³-hybridized carbons (Fsp3) is 0.105. The van der Waals surface area contributed by atoms with E-state index in [1.807, 2.05) is 42.6 Å². The first-order chi connectivity index (χ1) is 12.4. The maximum atomic E-state index is 6.04. The second-order valence-corrected chi connectivity index (χ2v) is 5.81. The Morgan fingerprint density at radius 1 is 0.960 bits per heavy atom. The minimum atomic E-state index is -0.285. The van der Waals surface area contributed by atoms with Crippen molar-refractivity contribution in [2.75, 3.05) is 6.61 Å². The first kappa shape index (κ1) is 14.0. The zero-order chi connectivity index (χ0) is 16.6. The second kappa shape index (κ2) is 5.59. The molecule has 0 fully saturated rings. The highest BCUT2D eigenvalue weighted by Gasteiger charge is 2.25. The van der Waals surface area contributed by atoms with E-state index < -0.39 is 0 Å². The molecule has 0 amide bonds. The molecule has 122 valence electrons. The molecule has 1 aromatic carbocycles. The predicted molar refractivity (Wildman–Crippen MR) is 92.4 cm³/mol. The van der Waals surface area contributed by atoms with Crippen LogP contribution >= 0.6 is 0 Å². The number of imidazole rings is 1. The number of benzene rings is 1. The number of hydrogen-bond donors (Lipinski definition) is 1. The van der Waals surface area contributed by atoms with Gasteiger partial charge in [0.2, 0.25) is 0 Å². The molecule has 1 unspecified atom stereocenters. The van der Waals surface area contributed by atoms with Crippen LogP contribution in [-0.4, -0.2) is 26.5 Å². The van der Waals surface area contributed by atoms with E-state index in [-0.39, 0.29) is 6.10 Å². The molecule has 1 aliphatic rings. The number of H-pyrrole nitrogens is 1. The summed E-state index contributed by atoms with van der Waals surface area (Å²) in [5, 5.41) is 0. The summed E-state index contributed by atoms with van der Waals surface area (Å²) >= 11 is 0. The topological polar surface area (TPSA) is 72.9 Å². The number of pyridine rings is 2. The Morgan fingerprint density at radius 2 is 1.80 bits per heavy atom. The summed E-state index contributed by atoms with van der Waals surface area (Å²) in [7, 11) is 0. The smallest absolute Gasteiger partial charge is 0.190 e. The molecule has 0 saturated carbocycles. The van der Waals surface area contributed by atoms with Crippen molar-refractivity contribution in [3.63, 3.8) is 0 Å². The number of nitrogens with one attached hydrogen (secondary N) is 1. The minimum Gasteiger partial charge on any atom is -0.485 e. The van der Waals surface area contributed by atoms with E-state index in [0.717, 1.165) is 39.5 Å². The number of fused-ring (bicyclic) bond motifs is 2. The Balaban J connectivity index is 1.56. The molecule has 0 radical (unpaired) electrons. The quantitative estimate of drug-likeness (QED) is 0.609. The second-order valence-electron chi connectivity index (χ2n) is 5.81. The van der Waals surface area contributed by atoms with Crippen LogP contribution in [0, 0.1) is 0 Å². The van der Waals surface area contributed by atoms with E-state index in [0.29, 0.717) is 6.61 Å². The summed E-state index contributed by atoms with van der Waals surface area (Å²) in [5.41, 5.74) is 3.71. The number of aromatic amines is 1. The van der Waals surface area contributed by atoms with Crippen LogP contribution in [0.15, 0.2) is 61.2 Å². The lowest BCUT2D eigenvalue weighted by molar-refractivity contribution is 0.0859. The molecule has 6 nitrogen and oxygen atoms in total. The van der Waals surface area contributed by atoms with Crippen molar-refractivity contribution in [2.24, 2.45) is 0 Å². The summed E-state index contributed by atoms with van der Waals surface area (Å²) in [5.74, 6) is 2.22. The fourth-order valence-electron chi connectivity index (χ4n) is 3.00. The van der Waals surface area contributed by atoms with Crippen LogP contribution in [0.25, 0.3) is 22.2 Å². The van der Waals surface area contributed by atoms with E-state index in [9.17, 15) is 0 Å². The summed E-state index contributed by atoms with van der Waals surface area (Å²) in [4.78, 5) is 16.5. The zero-order valence-corrected chi connectivity index (χ0v) is 13.2. The first-order valence-corrected chi connectivity index (χ1v) is 8.01. The lowest BCUT2D eigenvalue weighted by atomic mass is 10.1. The third kappa shape index (κ3) is 2.39. The molecule has 1 aliphatic heterocycles. The molecule has 0 spiro atoms. The summed E-state index contributed by atoms with van der Waals surface area (Å²) < 4.78 is 11.8. The van der Waals surface area contributed by atoms with Gasteiger partial charge in [-0.3, -0.25) is 9.97 Å². The van der Waals surface area contributed by atoms with Crippen LogP contribution in [0.4, 0.5) is 0 Å². The summed E-state index contributed by atoms with van der Waals surface area (Å²) in [6.45, 7) is 0.412. The van der Waals surface area contributed by atoms with Gasteiger partial charge in [-0.05, 0) is 29.8 Å². The van der Waals surface area contributed by atoms with E-state index in [1.165, 1.54) is 0 Å². The van der Waals surface area contributed by atoms with Gasteiger partial charge in [-0.2, -0.15) is 0 Å². The molecule has 0 aliphatic carbocycles. The lowest BCUT2D eigenvalue weighted by Crippen LogP contribution is -2.22. The van der Waals surface area contributed by atoms with Crippen molar-refractivity contribution in [3.05, 3.63) is 67.0 Å². The zero-order valence-electron chi connectivity index (χ0n) is 13.2. The number of nitrogens with zero attached hydrogens (tertiary/aromatic N) is 3. The monoisotopic (exact) mass is 330 g/mol. The Kier molecular flexibility index (Phi) is 3.13. The van der Waals surface area contributed by atoms with Gasteiger partial charge in [-0.15, -0.1) is 0 Å². The molecule has 1 atom stereocenters. The highest BCUT2D eigenvalue weighted by molar-refractivity contribution is 5.90. The van der Waals surface area contributed by atoms with Crippen LogP contribution in [0.3, 0.4) is 0 Å². The average molecular weight is 330 g/mol. The lowest BCUT2D eigenvalue weighted by Gasteiger charge is -2.24. The van der Waals surface area contributed by atoms with E-state index in [4.69, 9.17) is 14.5 Å². The molecule has 0 bridgehead atoms. The van der Waals surface area contributed by atoms with E-state index in [1.54, 1.807) is 18.6 Å². The maximum Gasteiger partial charge on any atom is 0.190 e. The molecule has 6 heteroatoms. The molecule has 4 heterocycles. The Bertz CT molecular complexity index is 1050. The number of aromatic nitrogens is 4. The van der Waals surface area contributed by atoms with Crippen molar-refractivity contribution in [3.8, 4) is 22.6 Å². The number of para-hydroxylation sites is 2. The molecule has 4 aromatic rings. The predicted octanol–water partition coefficient (Wildman–Crippen LogP) is 3.53. The Hall–Kier alpha value is -3.41. The first-order valence-electron chi connectivity index (χ1n) is 8.01. The van der Waals surface area contributed by atoms with E-state index in [2.05, 4.69) is 15.0 Å². The van der Waals surface area contributed by atoms with Gasteiger partial charge >= 0.3 is 0 Å². The number of ether oxygens (including phenoxy) is 2. The summed E-state index contributed by atoms with van der Waals surface area (Å²) in [6, 6.07) is 11.5. The van der Waals surface area contributed by atoms with E-state index >= 15 is 0 Å². The molecule has 0 saturated heterocycles. The Labute approximate surface area is 143 Å².